The van der Waals surface area contributed by atoms with Gasteiger partial charge in [0.05, 0.1) is 12.0 Å². The third-order valence-corrected chi connectivity index (χ3v) is 5.41. The second-order valence-corrected chi connectivity index (χ2v) is 7.59. The maximum Gasteiger partial charge on any atom is 0.270 e. The first-order valence-electron chi connectivity index (χ1n) is 10.7. The van der Waals surface area contributed by atoms with Crippen LogP contribution in [-0.4, -0.2) is 60.3 Å². The van der Waals surface area contributed by atoms with Crippen molar-refractivity contribution in [1.82, 2.24) is 15.5 Å². The molecule has 0 aliphatic carbocycles. The Labute approximate surface area is 191 Å². The Morgan fingerprint density at radius 2 is 1.82 bits per heavy atom. The van der Waals surface area contributed by atoms with Gasteiger partial charge < -0.3 is 20.3 Å². The number of hydrogen-bond donors (Lipinski definition) is 2. The van der Waals surface area contributed by atoms with E-state index in [1.807, 2.05) is 0 Å². The first-order chi connectivity index (χ1) is 15.9. The first-order valence-corrected chi connectivity index (χ1v) is 10.7. The number of carbonyl (C=O) groups is 3. The van der Waals surface area contributed by atoms with Gasteiger partial charge in [-0.05, 0) is 49.6 Å². The monoisotopic (exact) mass is 454 g/mol. The molecule has 1 fully saturated rings. The van der Waals surface area contributed by atoms with E-state index >= 15 is 0 Å². The van der Waals surface area contributed by atoms with Crippen LogP contribution in [0.2, 0.25) is 0 Å². The number of hydrogen-bond acceptors (Lipinski definition) is 6. The molecule has 1 saturated heterocycles. The Morgan fingerprint density at radius 1 is 1.09 bits per heavy atom. The summed E-state index contributed by atoms with van der Waals surface area (Å²) in [6.07, 6.45) is 1.73. The Bertz CT molecular complexity index is 1020. The van der Waals surface area contributed by atoms with Crippen molar-refractivity contribution in [3.63, 3.8) is 0 Å². The summed E-state index contributed by atoms with van der Waals surface area (Å²) in [6, 6.07) is 11.6. The van der Waals surface area contributed by atoms with Crippen LogP contribution >= 0.6 is 0 Å². The zero-order chi connectivity index (χ0) is 23.8. The van der Waals surface area contributed by atoms with Gasteiger partial charge in [0.2, 0.25) is 5.91 Å². The van der Waals surface area contributed by atoms with Crippen LogP contribution in [0.15, 0.2) is 48.5 Å². The second-order valence-electron chi connectivity index (χ2n) is 7.59. The molecule has 1 heterocycles. The van der Waals surface area contributed by atoms with E-state index in [9.17, 15) is 24.5 Å². The summed E-state index contributed by atoms with van der Waals surface area (Å²) in [5, 5.41) is 16.6. The number of benzene rings is 2. The number of nitrogens with one attached hydrogen (secondary N) is 2. The number of likely N-dealkylation sites (tertiary alicyclic amines) is 1. The van der Waals surface area contributed by atoms with Crippen molar-refractivity contribution in [1.29, 1.82) is 0 Å². The van der Waals surface area contributed by atoms with Gasteiger partial charge >= 0.3 is 0 Å². The van der Waals surface area contributed by atoms with Crippen LogP contribution in [0.1, 0.15) is 40.0 Å². The third kappa shape index (κ3) is 6.06. The zero-order valence-electron chi connectivity index (χ0n) is 18.3. The fourth-order valence-corrected chi connectivity index (χ4v) is 3.66. The molecule has 3 amide bonds. The summed E-state index contributed by atoms with van der Waals surface area (Å²) in [5.74, 6) is -0.219. The van der Waals surface area contributed by atoms with Crippen molar-refractivity contribution in [2.75, 3.05) is 26.7 Å². The SMILES string of the molecule is COc1ccc(C(=O)NCCCNC(=O)[C@@H]2CCCN2C(=O)c2cccc([N+](=O)[O-])c2)cc1. The van der Waals surface area contributed by atoms with E-state index in [1.165, 1.54) is 29.2 Å². The van der Waals surface area contributed by atoms with Crippen LogP contribution in [0.25, 0.3) is 0 Å². The van der Waals surface area contributed by atoms with Crippen LogP contribution in [0.4, 0.5) is 5.69 Å². The predicted molar refractivity (Wildman–Crippen MR) is 120 cm³/mol. The minimum atomic E-state index is -0.620. The van der Waals surface area contributed by atoms with Crippen LogP contribution in [0.5, 0.6) is 5.75 Å². The molecule has 33 heavy (non-hydrogen) atoms. The molecule has 2 N–H and O–H groups in total. The lowest BCUT2D eigenvalue weighted by Gasteiger charge is -2.24. The molecular formula is C23H26N4O6. The number of ether oxygens (including phenoxy) is 1. The largest absolute Gasteiger partial charge is 0.497 e. The summed E-state index contributed by atoms with van der Waals surface area (Å²) >= 11 is 0. The summed E-state index contributed by atoms with van der Waals surface area (Å²) < 4.78 is 5.07. The van der Waals surface area contributed by atoms with Crippen LogP contribution < -0.4 is 15.4 Å². The highest BCUT2D eigenvalue weighted by molar-refractivity contribution is 5.98. The zero-order valence-corrected chi connectivity index (χ0v) is 18.3. The van der Waals surface area contributed by atoms with Gasteiger partial charge in [0.1, 0.15) is 11.8 Å². The van der Waals surface area contributed by atoms with E-state index < -0.39 is 16.9 Å². The molecule has 0 unspecified atom stereocenters. The van der Waals surface area contributed by atoms with Crippen molar-refractivity contribution >= 4 is 23.4 Å². The standard InChI is InChI=1S/C23H26N4O6/c1-33-19-10-8-16(9-11-19)21(28)24-12-4-13-25-22(29)20-7-3-14-26(20)23(30)17-5-2-6-18(15-17)27(31)32/h2,5-6,8-11,15,20H,3-4,7,12-14H2,1H3,(H,24,28)(H,25,29)/t20-/m0/s1. The van der Waals surface area contributed by atoms with Gasteiger partial charge in [0.25, 0.3) is 17.5 Å². The molecule has 1 aliphatic rings. The number of nitro groups is 1. The molecule has 2 aromatic carbocycles. The Hall–Kier alpha value is -3.95. The highest BCUT2D eigenvalue weighted by atomic mass is 16.6. The fraction of sp³-hybridized carbons (Fsp3) is 0.348. The molecule has 0 bridgehead atoms. The Morgan fingerprint density at radius 3 is 2.52 bits per heavy atom. The molecule has 10 nitrogen and oxygen atoms in total. The highest BCUT2D eigenvalue weighted by Gasteiger charge is 2.34. The van der Waals surface area contributed by atoms with E-state index in [0.717, 1.165) is 0 Å². The number of non-ortho nitro benzene ring substituents is 1. The van der Waals surface area contributed by atoms with E-state index in [4.69, 9.17) is 4.74 Å². The average Bonchev–Trinajstić information content (AvgIpc) is 3.33. The van der Waals surface area contributed by atoms with Crippen LogP contribution in [-0.2, 0) is 4.79 Å². The van der Waals surface area contributed by atoms with E-state index in [2.05, 4.69) is 10.6 Å². The maximum atomic E-state index is 12.8. The molecular weight excluding hydrogens is 428 g/mol. The number of nitro benzene ring substituents is 1. The van der Waals surface area contributed by atoms with Gasteiger partial charge in [-0.2, -0.15) is 0 Å². The molecule has 0 radical (unpaired) electrons. The van der Waals surface area contributed by atoms with Crippen molar-refractivity contribution in [2.45, 2.75) is 25.3 Å². The third-order valence-electron chi connectivity index (χ3n) is 5.41. The molecule has 0 saturated carbocycles. The lowest BCUT2D eigenvalue weighted by molar-refractivity contribution is -0.384. The molecule has 2 aromatic rings. The summed E-state index contributed by atoms with van der Waals surface area (Å²) in [7, 11) is 1.55. The van der Waals surface area contributed by atoms with Gasteiger partial charge in [0, 0.05) is 42.9 Å². The quantitative estimate of drug-likeness (QED) is 0.339. The predicted octanol–water partition coefficient (Wildman–Crippen LogP) is 2.14. The lowest BCUT2D eigenvalue weighted by Crippen LogP contribution is -2.46. The van der Waals surface area contributed by atoms with Gasteiger partial charge in [-0.25, -0.2) is 0 Å². The van der Waals surface area contributed by atoms with Gasteiger partial charge in [-0.1, -0.05) is 6.07 Å². The highest BCUT2D eigenvalue weighted by Crippen LogP contribution is 2.22. The van der Waals surface area contributed by atoms with E-state index in [1.54, 1.807) is 31.4 Å². The number of rotatable bonds is 9. The number of methoxy groups -OCH3 is 1. The van der Waals surface area contributed by atoms with Gasteiger partial charge in [0.15, 0.2) is 0 Å². The summed E-state index contributed by atoms with van der Waals surface area (Å²) in [4.78, 5) is 49.5. The minimum absolute atomic E-state index is 0.169. The molecule has 0 aromatic heterocycles. The number of nitrogens with zero attached hydrogens (tertiary/aromatic N) is 2. The lowest BCUT2D eigenvalue weighted by atomic mass is 10.1. The van der Waals surface area contributed by atoms with Crippen molar-refractivity contribution in [3.05, 3.63) is 69.8 Å². The van der Waals surface area contributed by atoms with Gasteiger partial charge in [-0.3, -0.25) is 24.5 Å². The smallest absolute Gasteiger partial charge is 0.270 e. The normalized spacial score (nSPS) is 15.1. The number of amides is 3. The molecule has 1 atom stereocenters. The molecule has 1 aliphatic heterocycles. The molecule has 0 spiro atoms. The van der Waals surface area contributed by atoms with Crippen molar-refractivity contribution < 1.29 is 24.0 Å². The van der Waals surface area contributed by atoms with Crippen molar-refractivity contribution in [3.8, 4) is 5.75 Å². The maximum absolute atomic E-state index is 12.8. The molecule has 10 heteroatoms. The summed E-state index contributed by atoms with van der Waals surface area (Å²) in [5.41, 5.74) is 0.531. The molecule has 3 rings (SSSR count). The Kier molecular flexibility index (Phi) is 7.96. The minimum Gasteiger partial charge on any atom is -0.497 e. The number of carbonyl (C=O) groups excluding carboxylic acids is 3. The topological polar surface area (TPSA) is 131 Å². The van der Waals surface area contributed by atoms with Crippen molar-refractivity contribution in [2.24, 2.45) is 0 Å². The second kappa shape index (κ2) is 11.1. The summed E-state index contributed by atoms with van der Waals surface area (Å²) in [6.45, 7) is 1.14. The molecule has 174 valence electrons. The van der Waals surface area contributed by atoms with Gasteiger partial charge in [-0.15, -0.1) is 0 Å². The first kappa shape index (κ1) is 23.7. The van der Waals surface area contributed by atoms with E-state index in [-0.39, 0.29) is 23.1 Å². The Balaban J connectivity index is 1.45. The van der Waals surface area contributed by atoms with Crippen LogP contribution in [0, 0.1) is 10.1 Å². The van der Waals surface area contributed by atoms with E-state index in [0.29, 0.717) is 50.2 Å². The average molecular weight is 454 g/mol. The van der Waals surface area contributed by atoms with Crippen LogP contribution in [0.3, 0.4) is 0 Å². The fourth-order valence-electron chi connectivity index (χ4n) is 3.66.